The molecular weight excluding hydrogens is 706 g/mol. The third-order valence-corrected chi connectivity index (χ3v) is 9.24. The normalized spacial score (nSPS) is 50.1. The molecule has 23 atom stereocenters. The first-order valence-corrected chi connectivity index (χ1v) is 16.0. The Balaban J connectivity index is 1.56. The molecule has 4 aliphatic heterocycles. The van der Waals surface area contributed by atoms with Gasteiger partial charge in [-0.15, -0.1) is 0 Å². The highest BCUT2D eigenvalue weighted by Gasteiger charge is 2.56. The summed E-state index contributed by atoms with van der Waals surface area (Å²) in [5.74, 6) is 0. The van der Waals surface area contributed by atoms with Crippen LogP contribution in [-0.2, 0) is 33.2 Å². The minimum atomic E-state index is -2.20. The Bertz CT molecular complexity index is 1070. The van der Waals surface area contributed by atoms with Crippen molar-refractivity contribution < 1.29 is 115 Å². The lowest BCUT2D eigenvalue weighted by Crippen LogP contribution is -2.69. The van der Waals surface area contributed by atoms with Crippen LogP contribution < -0.4 is 5.73 Å². The summed E-state index contributed by atoms with van der Waals surface area (Å²) in [6.45, 7) is -3.60. The van der Waals surface area contributed by atoms with E-state index in [0.29, 0.717) is 0 Å². The third kappa shape index (κ3) is 8.96. The van der Waals surface area contributed by atoms with Crippen LogP contribution in [0.25, 0.3) is 0 Å². The molecule has 0 spiro atoms. The van der Waals surface area contributed by atoms with Crippen LogP contribution in [-0.4, -0.2) is 249 Å². The number of aliphatic hydroxyl groups excluding tert-OH is 16. The maximum Gasteiger partial charge on any atom is 0.187 e. The Morgan fingerprint density at radius 3 is 1.49 bits per heavy atom. The molecule has 0 saturated carbocycles. The van der Waals surface area contributed by atoms with Crippen LogP contribution in [0.15, 0.2) is 0 Å². The molecule has 0 aliphatic carbocycles. The van der Waals surface area contributed by atoms with Crippen molar-refractivity contribution in [1.29, 1.82) is 0 Å². The van der Waals surface area contributed by atoms with Crippen LogP contribution in [0.2, 0.25) is 0 Å². The maximum absolute atomic E-state index is 10.9. The van der Waals surface area contributed by atoms with Gasteiger partial charge in [-0.2, -0.15) is 0 Å². The number of rotatable bonds is 13. The van der Waals surface area contributed by atoms with Crippen molar-refractivity contribution in [1.82, 2.24) is 0 Å². The number of ether oxygens (including phenoxy) is 7. The van der Waals surface area contributed by atoms with Crippen LogP contribution >= 0.6 is 0 Å². The number of aliphatic hydroxyl groups is 16. The fourth-order valence-corrected chi connectivity index (χ4v) is 6.15. The molecule has 4 aliphatic rings. The van der Waals surface area contributed by atoms with Gasteiger partial charge < -0.3 is 121 Å². The van der Waals surface area contributed by atoms with E-state index in [-0.39, 0.29) is 0 Å². The van der Waals surface area contributed by atoms with Crippen LogP contribution in [0.4, 0.5) is 0 Å². The largest absolute Gasteiger partial charge is 0.394 e. The number of nitrogens with two attached hydrogens (primary N) is 1. The zero-order chi connectivity index (χ0) is 38.1. The molecule has 0 unspecified atom stereocenters. The van der Waals surface area contributed by atoms with Gasteiger partial charge in [0, 0.05) is 0 Å². The Kier molecular flexibility index (Phi) is 15.2. The standard InChI is InChI=1S/C27H49NO23/c28-9-11(36)10(35)8(3-31)46-25(9)45-4-7(34)20-15(40)13(38)17(42)27(49-20)51-23-21(6(33)2-30)47-24(44)18(43)22(23)50-26-16(41)12(37)14(39)19(48-26)5(32)1-29/h5-27,29-44H,1-4,28H2/t5-,6-,7-,8+,9+,10+,11+,12-,13-,14-,15-,16-,17-,18-,19+,20+,21+,22+,23+,24-,25+,26+,27+/m0/s1. The minimum Gasteiger partial charge on any atom is -0.394 e. The molecule has 0 amide bonds. The van der Waals surface area contributed by atoms with Gasteiger partial charge in [-0.05, 0) is 0 Å². The van der Waals surface area contributed by atoms with Crippen LogP contribution in [0.1, 0.15) is 0 Å². The van der Waals surface area contributed by atoms with Crippen LogP contribution in [0, 0.1) is 0 Å². The first-order chi connectivity index (χ1) is 24.0. The van der Waals surface area contributed by atoms with Gasteiger partial charge in [-0.3, -0.25) is 0 Å². The van der Waals surface area contributed by atoms with E-state index in [0.717, 1.165) is 0 Å². The first kappa shape index (κ1) is 42.8. The van der Waals surface area contributed by atoms with E-state index in [2.05, 4.69) is 0 Å². The topological polar surface area (TPSA) is 414 Å². The van der Waals surface area contributed by atoms with Gasteiger partial charge in [0.05, 0.1) is 32.5 Å². The van der Waals surface area contributed by atoms with E-state index in [9.17, 15) is 81.7 Å². The molecule has 0 aromatic rings. The molecule has 18 N–H and O–H groups in total. The second kappa shape index (κ2) is 18.1. The summed E-state index contributed by atoms with van der Waals surface area (Å²) in [6.07, 6.45) is -42.4. The maximum atomic E-state index is 10.9. The van der Waals surface area contributed by atoms with Crippen molar-refractivity contribution in [2.45, 2.75) is 141 Å². The van der Waals surface area contributed by atoms with Crippen LogP contribution in [0.5, 0.6) is 0 Å². The predicted molar refractivity (Wildman–Crippen MR) is 154 cm³/mol. The summed E-state index contributed by atoms with van der Waals surface area (Å²) < 4.78 is 38.1. The molecule has 0 radical (unpaired) electrons. The second-order valence-corrected chi connectivity index (χ2v) is 12.7. The highest BCUT2D eigenvalue weighted by Crippen LogP contribution is 2.35. The molecule has 0 aromatic carbocycles. The Labute approximate surface area is 288 Å². The van der Waals surface area contributed by atoms with Crippen molar-refractivity contribution in [3.05, 3.63) is 0 Å². The summed E-state index contributed by atoms with van der Waals surface area (Å²) in [5.41, 5.74) is 5.82. The summed E-state index contributed by atoms with van der Waals surface area (Å²) >= 11 is 0. The monoisotopic (exact) mass is 755 g/mol. The molecule has 24 nitrogen and oxygen atoms in total. The quantitative estimate of drug-likeness (QED) is 0.0829. The summed E-state index contributed by atoms with van der Waals surface area (Å²) in [6, 6.07) is -1.38. The smallest absolute Gasteiger partial charge is 0.187 e. The van der Waals surface area contributed by atoms with E-state index in [1.54, 1.807) is 0 Å². The molecule has 0 bridgehead atoms. The Morgan fingerprint density at radius 2 is 0.980 bits per heavy atom. The lowest BCUT2D eigenvalue weighted by atomic mass is 9.92. The number of hydrogen-bond donors (Lipinski definition) is 17. The number of hydrogen-bond acceptors (Lipinski definition) is 24. The van der Waals surface area contributed by atoms with Crippen LogP contribution in [0.3, 0.4) is 0 Å². The van der Waals surface area contributed by atoms with E-state index in [4.69, 9.17) is 38.9 Å². The average Bonchev–Trinajstić information content (AvgIpc) is 3.12. The average molecular weight is 756 g/mol. The van der Waals surface area contributed by atoms with Gasteiger partial charge in [0.15, 0.2) is 25.2 Å². The van der Waals surface area contributed by atoms with E-state index in [1.165, 1.54) is 0 Å². The zero-order valence-corrected chi connectivity index (χ0v) is 26.7. The van der Waals surface area contributed by atoms with Crippen molar-refractivity contribution in [2.24, 2.45) is 5.73 Å². The Morgan fingerprint density at radius 1 is 0.490 bits per heavy atom. The van der Waals surface area contributed by atoms with Gasteiger partial charge in [0.25, 0.3) is 0 Å². The minimum absolute atomic E-state index is 0.742. The molecule has 4 fully saturated rings. The Hall–Kier alpha value is -0.960. The molecule has 4 heterocycles. The fourth-order valence-electron chi connectivity index (χ4n) is 6.15. The van der Waals surface area contributed by atoms with Crippen molar-refractivity contribution in [3.8, 4) is 0 Å². The highest BCUT2D eigenvalue weighted by atomic mass is 16.8. The first-order valence-electron chi connectivity index (χ1n) is 16.0. The molecule has 4 saturated heterocycles. The summed E-state index contributed by atoms with van der Waals surface area (Å²) in [7, 11) is 0. The molecule has 300 valence electrons. The highest BCUT2D eigenvalue weighted by molar-refractivity contribution is 5.00. The zero-order valence-electron chi connectivity index (χ0n) is 26.7. The molecular formula is C27H49NO23. The van der Waals surface area contributed by atoms with Crippen molar-refractivity contribution in [2.75, 3.05) is 26.4 Å². The van der Waals surface area contributed by atoms with E-state index < -0.39 is 168 Å². The molecule has 51 heavy (non-hydrogen) atoms. The summed E-state index contributed by atoms with van der Waals surface area (Å²) in [4.78, 5) is 0. The van der Waals surface area contributed by atoms with Gasteiger partial charge in [0.2, 0.25) is 0 Å². The van der Waals surface area contributed by atoms with Crippen molar-refractivity contribution >= 4 is 0 Å². The SMILES string of the molecule is N[C@H]1[C@H](OC[C@H](O)[C@H]2O[C@H](O[C@H]3[C@H](O[C@H]4O[C@H]([C@@H](O)CO)[C@@H](O)[C@H](O)[C@@H]4O)[C@H](O)[C@@H](O)O[C@@H]3[C@@H](O)CO)[C@@H](O)[C@@H](O)[C@@H]2O)O[C@H](CO)[C@@H](O)[C@@H]1O. The molecule has 4 rings (SSSR count). The van der Waals surface area contributed by atoms with Gasteiger partial charge in [0.1, 0.15) is 110 Å². The van der Waals surface area contributed by atoms with E-state index >= 15 is 0 Å². The van der Waals surface area contributed by atoms with Crippen molar-refractivity contribution in [3.63, 3.8) is 0 Å². The lowest BCUT2D eigenvalue weighted by molar-refractivity contribution is -0.391. The molecule has 0 aromatic heterocycles. The van der Waals surface area contributed by atoms with Gasteiger partial charge in [-0.1, -0.05) is 0 Å². The fraction of sp³-hybridized carbons (Fsp3) is 1.00. The predicted octanol–water partition coefficient (Wildman–Crippen LogP) is -11.7. The second-order valence-electron chi connectivity index (χ2n) is 12.7. The third-order valence-electron chi connectivity index (χ3n) is 9.24. The summed E-state index contributed by atoms with van der Waals surface area (Å²) in [5, 5.41) is 165. The molecule has 24 heteroatoms. The lowest BCUT2D eigenvalue weighted by Gasteiger charge is -2.49. The van der Waals surface area contributed by atoms with E-state index in [1.807, 2.05) is 0 Å². The van der Waals surface area contributed by atoms with Gasteiger partial charge in [-0.25, -0.2) is 0 Å². The van der Waals surface area contributed by atoms with Gasteiger partial charge >= 0.3 is 0 Å².